The van der Waals surface area contributed by atoms with Crippen molar-refractivity contribution in [1.29, 1.82) is 0 Å². The average Bonchev–Trinajstić information content (AvgIpc) is 2.69. The second-order valence-corrected chi connectivity index (χ2v) is 4.68. The monoisotopic (exact) mass is 261 g/mol. The van der Waals surface area contributed by atoms with Gasteiger partial charge in [0, 0.05) is 25.2 Å². The minimum atomic E-state index is 0.112. The van der Waals surface area contributed by atoms with Crippen LogP contribution in [0, 0.1) is 6.92 Å². The smallest absolute Gasteiger partial charge is 0.170 e. The van der Waals surface area contributed by atoms with E-state index in [1.807, 2.05) is 37.6 Å². The van der Waals surface area contributed by atoms with Crippen molar-refractivity contribution in [3.05, 3.63) is 35.7 Å². The highest BCUT2D eigenvalue weighted by molar-refractivity contribution is 5.20. The first-order valence-electron chi connectivity index (χ1n) is 6.24. The summed E-state index contributed by atoms with van der Waals surface area (Å²) in [5.74, 6) is 2.37. The van der Waals surface area contributed by atoms with Crippen molar-refractivity contribution in [2.24, 2.45) is 12.8 Å². The highest BCUT2D eigenvalue weighted by Crippen LogP contribution is 2.12. The van der Waals surface area contributed by atoms with Gasteiger partial charge in [0.15, 0.2) is 5.82 Å². The molecule has 102 valence electrons. The Morgan fingerprint density at radius 2 is 2.16 bits per heavy atom. The topological polar surface area (TPSA) is 78.8 Å². The SMILES string of the molecule is Cc1nnc(COc2ccc(CC(C)N)nc2)n1C. The van der Waals surface area contributed by atoms with Crippen molar-refractivity contribution in [3.8, 4) is 5.75 Å². The van der Waals surface area contributed by atoms with E-state index in [1.165, 1.54) is 0 Å². The van der Waals surface area contributed by atoms with Crippen LogP contribution >= 0.6 is 0 Å². The predicted octanol–water partition coefficient (Wildman–Crippen LogP) is 0.987. The molecule has 1 atom stereocenters. The molecule has 19 heavy (non-hydrogen) atoms. The van der Waals surface area contributed by atoms with Gasteiger partial charge >= 0.3 is 0 Å². The van der Waals surface area contributed by atoms with Crippen LogP contribution in [0.15, 0.2) is 18.3 Å². The molecule has 0 aliphatic carbocycles. The van der Waals surface area contributed by atoms with E-state index in [2.05, 4.69) is 15.2 Å². The summed E-state index contributed by atoms with van der Waals surface area (Å²) >= 11 is 0. The van der Waals surface area contributed by atoms with Crippen LogP contribution in [-0.2, 0) is 20.1 Å². The molecule has 6 nitrogen and oxygen atoms in total. The Bertz CT molecular complexity index is 532. The first-order valence-corrected chi connectivity index (χ1v) is 6.24. The largest absolute Gasteiger partial charge is 0.484 e. The number of nitrogens with two attached hydrogens (primary N) is 1. The van der Waals surface area contributed by atoms with Gasteiger partial charge in [-0.25, -0.2) is 0 Å². The lowest BCUT2D eigenvalue weighted by Gasteiger charge is -2.07. The van der Waals surface area contributed by atoms with E-state index in [4.69, 9.17) is 10.5 Å². The van der Waals surface area contributed by atoms with Gasteiger partial charge in [0.2, 0.25) is 0 Å². The van der Waals surface area contributed by atoms with Crippen molar-refractivity contribution in [2.45, 2.75) is 32.9 Å². The quantitative estimate of drug-likeness (QED) is 0.868. The lowest BCUT2D eigenvalue weighted by molar-refractivity contribution is 0.289. The third-order valence-corrected chi connectivity index (χ3v) is 2.88. The zero-order valence-corrected chi connectivity index (χ0v) is 11.5. The Kier molecular flexibility index (Phi) is 4.11. The summed E-state index contributed by atoms with van der Waals surface area (Å²) in [6.07, 6.45) is 2.48. The van der Waals surface area contributed by atoms with Gasteiger partial charge in [-0.2, -0.15) is 0 Å². The molecule has 1 unspecified atom stereocenters. The van der Waals surface area contributed by atoms with E-state index in [-0.39, 0.29) is 6.04 Å². The van der Waals surface area contributed by atoms with Crippen LogP contribution < -0.4 is 10.5 Å². The molecule has 6 heteroatoms. The maximum absolute atomic E-state index is 5.73. The summed E-state index contributed by atoms with van der Waals surface area (Å²) in [6.45, 7) is 4.25. The van der Waals surface area contributed by atoms with Crippen molar-refractivity contribution in [2.75, 3.05) is 0 Å². The van der Waals surface area contributed by atoms with E-state index >= 15 is 0 Å². The van der Waals surface area contributed by atoms with E-state index in [9.17, 15) is 0 Å². The molecule has 0 spiro atoms. The molecule has 2 heterocycles. The van der Waals surface area contributed by atoms with Crippen LogP contribution in [0.5, 0.6) is 5.75 Å². The van der Waals surface area contributed by atoms with Gasteiger partial charge in [0.1, 0.15) is 18.2 Å². The number of hydrogen-bond donors (Lipinski definition) is 1. The van der Waals surface area contributed by atoms with Crippen molar-refractivity contribution >= 4 is 0 Å². The Morgan fingerprint density at radius 3 is 2.68 bits per heavy atom. The van der Waals surface area contributed by atoms with E-state index in [1.54, 1.807) is 6.20 Å². The Morgan fingerprint density at radius 1 is 1.37 bits per heavy atom. The minimum Gasteiger partial charge on any atom is -0.484 e. The fraction of sp³-hybridized carbons (Fsp3) is 0.462. The van der Waals surface area contributed by atoms with Crippen LogP contribution in [0.1, 0.15) is 24.3 Å². The fourth-order valence-corrected chi connectivity index (χ4v) is 1.67. The van der Waals surface area contributed by atoms with Gasteiger partial charge in [0.25, 0.3) is 0 Å². The molecular formula is C13H19N5O. The summed E-state index contributed by atoms with van der Waals surface area (Å²) < 4.78 is 7.53. The molecule has 2 aromatic rings. The lowest BCUT2D eigenvalue weighted by Crippen LogP contribution is -2.18. The molecule has 2 N–H and O–H groups in total. The van der Waals surface area contributed by atoms with Crippen molar-refractivity contribution in [3.63, 3.8) is 0 Å². The summed E-state index contributed by atoms with van der Waals surface area (Å²) in [5.41, 5.74) is 6.70. The van der Waals surface area contributed by atoms with Gasteiger partial charge in [-0.1, -0.05) is 0 Å². The summed E-state index contributed by atoms with van der Waals surface area (Å²) in [5, 5.41) is 8.02. The molecule has 0 amide bonds. The molecule has 0 aromatic carbocycles. The summed E-state index contributed by atoms with van der Waals surface area (Å²) in [6, 6.07) is 3.94. The molecule has 0 saturated carbocycles. The molecule has 0 bridgehead atoms. The zero-order valence-electron chi connectivity index (χ0n) is 11.5. The van der Waals surface area contributed by atoms with E-state index in [0.717, 1.165) is 23.8 Å². The van der Waals surface area contributed by atoms with Crippen molar-refractivity contribution < 1.29 is 4.74 Å². The lowest BCUT2D eigenvalue weighted by atomic mass is 10.2. The number of ether oxygens (including phenoxy) is 1. The molecule has 2 rings (SSSR count). The maximum atomic E-state index is 5.73. The zero-order chi connectivity index (χ0) is 13.8. The molecule has 0 radical (unpaired) electrons. The number of aryl methyl sites for hydroxylation is 1. The highest BCUT2D eigenvalue weighted by atomic mass is 16.5. The van der Waals surface area contributed by atoms with Crippen LogP contribution in [0.4, 0.5) is 0 Å². The van der Waals surface area contributed by atoms with Gasteiger partial charge in [-0.3, -0.25) is 4.98 Å². The van der Waals surface area contributed by atoms with Crippen LogP contribution in [-0.4, -0.2) is 25.8 Å². The van der Waals surface area contributed by atoms with Gasteiger partial charge in [-0.15, -0.1) is 10.2 Å². The minimum absolute atomic E-state index is 0.112. The van der Waals surface area contributed by atoms with Gasteiger partial charge in [0.05, 0.1) is 6.20 Å². The van der Waals surface area contributed by atoms with Gasteiger partial charge < -0.3 is 15.0 Å². The number of pyridine rings is 1. The predicted molar refractivity (Wildman–Crippen MR) is 71.7 cm³/mol. The first-order chi connectivity index (χ1) is 9.06. The standard InChI is InChI=1S/C13H19N5O/c1-9(14)6-11-4-5-12(7-15-11)19-8-13-17-16-10(2)18(13)3/h4-5,7,9H,6,8,14H2,1-3H3. The molecule has 0 aliphatic heterocycles. The third-order valence-electron chi connectivity index (χ3n) is 2.88. The Balaban J connectivity index is 1.95. The Hall–Kier alpha value is -1.95. The highest BCUT2D eigenvalue weighted by Gasteiger charge is 2.06. The summed E-state index contributed by atoms with van der Waals surface area (Å²) in [4.78, 5) is 4.31. The fourth-order valence-electron chi connectivity index (χ4n) is 1.67. The number of nitrogens with zero attached hydrogens (tertiary/aromatic N) is 4. The van der Waals surface area contributed by atoms with Crippen molar-refractivity contribution in [1.82, 2.24) is 19.7 Å². The van der Waals surface area contributed by atoms with Crippen LogP contribution in [0.2, 0.25) is 0 Å². The second-order valence-electron chi connectivity index (χ2n) is 4.68. The second kappa shape index (κ2) is 5.79. The number of hydrogen-bond acceptors (Lipinski definition) is 5. The maximum Gasteiger partial charge on any atom is 0.170 e. The Labute approximate surface area is 112 Å². The van der Waals surface area contributed by atoms with Crippen LogP contribution in [0.25, 0.3) is 0 Å². The summed E-state index contributed by atoms with van der Waals surface area (Å²) in [7, 11) is 1.91. The molecule has 0 fully saturated rings. The molecule has 0 saturated heterocycles. The van der Waals surface area contributed by atoms with Crippen LogP contribution in [0.3, 0.4) is 0 Å². The first kappa shape index (κ1) is 13.5. The number of aromatic nitrogens is 4. The molecule has 2 aromatic heterocycles. The average molecular weight is 261 g/mol. The molecule has 0 aliphatic rings. The molecular weight excluding hydrogens is 242 g/mol. The normalized spacial score (nSPS) is 12.4. The van der Waals surface area contributed by atoms with E-state index < -0.39 is 0 Å². The third kappa shape index (κ3) is 3.51. The number of rotatable bonds is 5. The van der Waals surface area contributed by atoms with Gasteiger partial charge in [-0.05, 0) is 26.0 Å². The van der Waals surface area contributed by atoms with E-state index in [0.29, 0.717) is 12.4 Å².